The van der Waals surface area contributed by atoms with Crippen molar-refractivity contribution >= 4 is 33.2 Å². The maximum Gasteiger partial charge on any atom is 0.264 e. The standard InChI is InChI=1S/C18H22N4O4S/c1-12-5-4-6-17(13(12)2)22(11-18(24)21-19)27(25,26)16-9-7-15(8-10-16)20-14(3)23/h4-10H,11,19H2,1-3H3,(H,20,23)(H,21,24). The van der Waals surface area contributed by atoms with Gasteiger partial charge in [-0.15, -0.1) is 0 Å². The van der Waals surface area contributed by atoms with Gasteiger partial charge in [0.05, 0.1) is 10.6 Å². The molecule has 0 spiro atoms. The first-order valence-corrected chi connectivity index (χ1v) is 9.57. The van der Waals surface area contributed by atoms with E-state index in [4.69, 9.17) is 5.84 Å². The molecule has 0 saturated heterocycles. The Morgan fingerprint density at radius 2 is 1.70 bits per heavy atom. The fourth-order valence-electron chi connectivity index (χ4n) is 2.52. The summed E-state index contributed by atoms with van der Waals surface area (Å²) in [6.45, 7) is 4.54. The SMILES string of the molecule is CC(=O)Nc1ccc(S(=O)(=O)N(CC(=O)NN)c2cccc(C)c2C)cc1. The lowest BCUT2D eigenvalue weighted by Crippen LogP contribution is -2.43. The average Bonchev–Trinajstić information content (AvgIpc) is 2.62. The third-order valence-corrected chi connectivity index (χ3v) is 5.83. The molecule has 2 aromatic carbocycles. The average molecular weight is 390 g/mol. The van der Waals surface area contributed by atoms with Gasteiger partial charge in [0, 0.05) is 12.6 Å². The van der Waals surface area contributed by atoms with Crippen molar-refractivity contribution < 1.29 is 18.0 Å². The first-order chi connectivity index (χ1) is 12.7. The molecule has 4 N–H and O–H groups in total. The van der Waals surface area contributed by atoms with Gasteiger partial charge in [0.1, 0.15) is 6.54 Å². The number of hydrogen-bond acceptors (Lipinski definition) is 5. The van der Waals surface area contributed by atoms with E-state index in [2.05, 4.69) is 5.32 Å². The molecule has 2 amide bonds. The number of hydrogen-bond donors (Lipinski definition) is 3. The molecule has 8 nitrogen and oxygen atoms in total. The Labute approximate surface area is 158 Å². The molecule has 0 aliphatic heterocycles. The molecule has 9 heteroatoms. The van der Waals surface area contributed by atoms with Crippen LogP contribution >= 0.6 is 0 Å². The van der Waals surface area contributed by atoms with E-state index >= 15 is 0 Å². The molecular weight excluding hydrogens is 368 g/mol. The molecule has 0 atom stereocenters. The van der Waals surface area contributed by atoms with Gasteiger partial charge < -0.3 is 5.32 Å². The quantitative estimate of drug-likeness (QED) is 0.391. The highest BCUT2D eigenvalue weighted by Crippen LogP contribution is 2.28. The number of hydrazine groups is 1. The van der Waals surface area contributed by atoms with E-state index in [1.165, 1.54) is 31.2 Å². The second kappa shape index (κ2) is 8.19. The monoisotopic (exact) mass is 390 g/mol. The minimum absolute atomic E-state index is 0.0117. The van der Waals surface area contributed by atoms with Crippen LogP contribution in [0.3, 0.4) is 0 Å². The number of nitrogens with one attached hydrogen (secondary N) is 2. The van der Waals surface area contributed by atoms with E-state index in [1.54, 1.807) is 19.1 Å². The summed E-state index contributed by atoms with van der Waals surface area (Å²) in [7, 11) is -4.04. The molecule has 0 aromatic heterocycles. The lowest BCUT2D eigenvalue weighted by Gasteiger charge is -2.26. The fourth-order valence-corrected chi connectivity index (χ4v) is 4.00. The summed E-state index contributed by atoms with van der Waals surface area (Å²) in [4.78, 5) is 23.0. The number of sulfonamides is 1. The van der Waals surface area contributed by atoms with Crippen molar-refractivity contribution in [3.05, 3.63) is 53.6 Å². The fraction of sp³-hybridized carbons (Fsp3) is 0.222. The van der Waals surface area contributed by atoms with Crippen LogP contribution in [0.25, 0.3) is 0 Å². The van der Waals surface area contributed by atoms with Gasteiger partial charge in [-0.1, -0.05) is 12.1 Å². The highest BCUT2D eigenvalue weighted by Gasteiger charge is 2.28. The van der Waals surface area contributed by atoms with E-state index in [0.29, 0.717) is 11.4 Å². The molecule has 0 aliphatic rings. The highest BCUT2D eigenvalue weighted by molar-refractivity contribution is 7.92. The van der Waals surface area contributed by atoms with Crippen LogP contribution in [-0.2, 0) is 19.6 Å². The molecule has 0 saturated carbocycles. The van der Waals surface area contributed by atoms with Gasteiger partial charge in [-0.25, -0.2) is 14.3 Å². The number of nitrogens with two attached hydrogens (primary N) is 1. The molecule has 2 rings (SSSR count). The van der Waals surface area contributed by atoms with E-state index in [9.17, 15) is 18.0 Å². The maximum absolute atomic E-state index is 13.2. The summed E-state index contributed by atoms with van der Waals surface area (Å²) < 4.78 is 27.4. The Hall–Kier alpha value is -2.91. The molecular formula is C18H22N4O4S. The Bertz CT molecular complexity index is 956. The van der Waals surface area contributed by atoms with E-state index in [-0.39, 0.29) is 10.8 Å². The second-order valence-corrected chi connectivity index (χ2v) is 7.87. The van der Waals surface area contributed by atoms with Crippen LogP contribution < -0.4 is 20.9 Å². The molecule has 0 aliphatic carbocycles. The van der Waals surface area contributed by atoms with Gasteiger partial charge in [-0.2, -0.15) is 0 Å². The van der Waals surface area contributed by atoms with Crippen molar-refractivity contribution in [1.29, 1.82) is 0 Å². The lowest BCUT2D eigenvalue weighted by molar-refractivity contribution is -0.119. The summed E-state index contributed by atoms with van der Waals surface area (Å²) in [5.74, 6) is 4.25. The Morgan fingerprint density at radius 1 is 1.07 bits per heavy atom. The van der Waals surface area contributed by atoms with Gasteiger partial charge in [-0.05, 0) is 55.3 Å². The topological polar surface area (TPSA) is 122 Å². The van der Waals surface area contributed by atoms with Gasteiger partial charge in [0.2, 0.25) is 5.91 Å². The summed E-state index contributed by atoms with van der Waals surface area (Å²) in [5, 5.41) is 2.57. The number of benzene rings is 2. The van der Waals surface area contributed by atoms with Crippen molar-refractivity contribution in [2.45, 2.75) is 25.7 Å². The molecule has 0 radical (unpaired) electrons. The first kappa shape index (κ1) is 20.4. The van der Waals surface area contributed by atoms with Gasteiger partial charge in [0.25, 0.3) is 15.9 Å². The van der Waals surface area contributed by atoms with Crippen LogP contribution in [0.15, 0.2) is 47.4 Å². The van der Waals surface area contributed by atoms with Crippen LogP contribution in [0.5, 0.6) is 0 Å². The summed E-state index contributed by atoms with van der Waals surface area (Å²) in [6.07, 6.45) is 0. The van der Waals surface area contributed by atoms with E-state index in [0.717, 1.165) is 15.4 Å². The van der Waals surface area contributed by atoms with Crippen LogP contribution in [0.2, 0.25) is 0 Å². The zero-order chi connectivity index (χ0) is 20.2. The lowest BCUT2D eigenvalue weighted by atomic mass is 10.1. The number of carbonyl (C=O) groups is 2. The molecule has 0 fully saturated rings. The predicted octanol–water partition coefficient (Wildman–Crippen LogP) is 1.45. The number of nitrogens with zero attached hydrogens (tertiary/aromatic N) is 1. The highest BCUT2D eigenvalue weighted by atomic mass is 32.2. The minimum atomic E-state index is -4.04. The third kappa shape index (κ3) is 4.63. The molecule has 0 unspecified atom stereocenters. The zero-order valence-electron chi connectivity index (χ0n) is 15.3. The molecule has 144 valence electrons. The van der Waals surface area contributed by atoms with Crippen LogP contribution in [0.4, 0.5) is 11.4 Å². The number of amides is 2. The number of rotatable bonds is 6. The van der Waals surface area contributed by atoms with Gasteiger partial charge in [-0.3, -0.25) is 19.3 Å². The van der Waals surface area contributed by atoms with E-state index in [1.807, 2.05) is 18.4 Å². The Balaban J connectivity index is 2.51. The summed E-state index contributed by atoms with van der Waals surface area (Å²) >= 11 is 0. The second-order valence-electron chi connectivity index (χ2n) is 6.00. The normalized spacial score (nSPS) is 11.0. The molecule has 0 bridgehead atoms. The van der Waals surface area contributed by atoms with Crippen LogP contribution in [0.1, 0.15) is 18.1 Å². The summed E-state index contributed by atoms with van der Waals surface area (Å²) in [6, 6.07) is 10.9. The molecule has 2 aromatic rings. The Morgan fingerprint density at radius 3 is 2.26 bits per heavy atom. The first-order valence-electron chi connectivity index (χ1n) is 8.13. The van der Waals surface area contributed by atoms with Crippen molar-refractivity contribution in [3.63, 3.8) is 0 Å². The third-order valence-electron chi connectivity index (χ3n) is 4.06. The van der Waals surface area contributed by atoms with Crippen LogP contribution in [0, 0.1) is 13.8 Å². The van der Waals surface area contributed by atoms with Crippen molar-refractivity contribution in [3.8, 4) is 0 Å². The smallest absolute Gasteiger partial charge is 0.264 e. The molecule has 27 heavy (non-hydrogen) atoms. The van der Waals surface area contributed by atoms with Gasteiger partial charge >= 0.3 is 0 Å². The van der Waals surface area contributed by atoms with Crippen molar-refractivity contribution in [2.75, 3.05) is 16.2 Å². The minimum Gasteiger partial charge on any atom is -0.326 e. The van der Waals surface area contributed by atoms with Crippen LogP contribution in [-0.4, -0.2) is 26.8 Å². The maximum atomic E-state index is 13.2. The van der Waals surface area contributed by atoms with Crippen molar-refractivity contribution in [1.82, 2.24) is 5.43 Å². The summed E-state index contributed by atoms with van der Waals surface area (Å²) in [5.41, 5.74) is 4.45. The predicted molar refractivity (Wildman–Crippen MR) is 104 cm³/mol. The number of anilines is 2. The Kier molecular flexibility index (Phi) is 6.19. The number of aryl methyl sites for hydroxylation is 1. The van der Waals surface area contributed by atoms with Crippen molar-refractivity contribution in [2.24, 2.45) is 5.84 Å². The van der Waals surface area contributed by atoms with E-state index < -0.39 is 22.5 Å². The largest absolute Gasteiger partial charge is 0.326 e. The van der Waals surface area contributed by atoms with Gasteiger partial charge in [0.15, 0.2) is 0 Å². The number of carbonyl (C=O) groups excluding carboxylic acids is 2. The molecule has 0 heterocycles. The zero-order valence-corrected chi connectivity index (χ0v) is 16.1.